The molecule has 0 aliphatic heterocycles. The molecular formula is C22H27IN4OS. The monoisotopic (exact) mass is 522 g/mol. The number of guanidine groups is 1. The highest BCUT2D eigenvalue weighted by Gasteiger charge is 2.04. The van der Waals surface area contributed by atoms with Crippen LogP contribution in [0, 0.1) is 0 Å². The number of pyridine rings is 1. The number of nitrogens with zero attached hydrogens (tertiary/aromatic N) is 2. The third kappa shape index (κ3) is 7.40. The zero-order valence-corrected chi connectivity index (χ0v) is 19.7. The Hall–Kier alpha value is -2.00. The van der Waals surface area contributed by atoms with Gasteiger partial charge in [0, 0.05) is 47.0 Å². The van der Waals surface area contributed by atoms with Crippen LogP contribution in [-0.2, 0) is 23.1 Å². The predicted octanol–water partition coefficient (Wildman–Crippen LogP) is 3.86. The van der Waals surface area contributed by atoms with Crippen molar-refractivity contribution in [2.75, 3.05) is 18.8 Å². The summed E-state index contributed by atoms with van der Waals surface area (Å²) in [7, 11) is -0.903. The molecule has 7 heteroatoms. The van der Waals surface area contributed by atoms with E-state index in [2.05, 4.69) is 26.7 Å². The first-order chi connectivity index (χ1) is 13.8. The summed E-state index contributed by atoms with van der Waals surface area (Å²) in [6.07, 6.45) is 1.82. The van der Waals surface area contributed by atoms with E-state index in [4.69, 9.17) is 0 Å². The fraction of sp³-hybridized carbons (Fsp3) is 0.273. The molecular weight excluding hydrogens is 495 g/mol. The molecule has 29 heavy (non-hydrogen) atoms. The van der Waals surface area contributed by atoms with Crippen molar-refractivity contribution in [2.45, 2.75) is 19.2 Å². The van der Waals surface area contributed by atoms with E-state index in [1.165, 1.54) is 0 Å². The van der Waals surface area contributed by atoms with Gasteiger partial charge in [0.1, 0.15) is 0 Å². The van der Waals surface area contributed by atoms with Crippen LogP contribution in [0.1, 0.15) is 18.1 Å². The summed E-state index contributed by atoms with van der Waals surface area (Å²) >= 11 is 0. The molecule has 1 heterocycles. The van der Waals surface area contributed by atoms with E-state index in [1.807, 2.05) is 67.7 Å². The van der Waals surface area contributed by atoms with Gasteiger partial charge in [-0.05, 0) is 30.2 Å². The van der Waals surface area contributed by atoms with E-state index in [-0.39, 0.29) is 24.0 Å². The van der Waals surface area contributed by atoms with E-state index < -0.39 is 10.8 Å². The van der Waals surface area contributed by atoms with Crippen molar-refractivity contribution < 1.29 is 4.21 Å². The molecule has 0 spiro atoms. The third-order valence-corrected chi connectivity index (χ3v) is 5.60. The highest BCUT2D eigenvalue weighted by Crippen LogP contribution is 2.16. The van der Waals surface area contributed by atoms with E-state index in [0.717, 1.165) is 34.5 Å². The van der Waals surface area contributed by atoms with Gasteiger partial charge in [0.25, 0.3) is 0 Å². The third-order valence-electron chi connectivity index (χ3n) is 4.28. The van der Waals surface area contributed by atoms with Crippen molar-refractivity contribution in [1.82, 2.24) is 15.6 Å². The van der Waals surface area contributed by atoms with Gasteiger partial charge in [0.2, 0.25) is 0 Å². The van der Waals surface area contributed by atoms with Gasteiger partial charge in [0.15, 0.2) is 5.96 Å². The fourth-order valence-electron chi connectivity index (χ4n) is 2.91. The molecule has 2 aromatic carbocycles. The Morgan fingerprint density at radius 2 is 1.79 bits per heavy atom. The second-order valence-electron chi connectivity index (χ2n) is 6.38. The number of halogens is 1. The molecule has 2 N–H and O–H groups in total. The summed E-state index contributed by atoms with van der Waals surface area (Å²) < 4.78 is 12.3. The number of fused-ring (bicyclic) bond motifs is 1. The molecule has 0 aliphatic rings. The fourth-order valence-corrected chi connectivity index (χ4v) is 3.95. The van der Waals surface area contributed by atoms with Crippen molar-refractivity contribution in [3.63, 3.8) is 0 Å². The maximum absolute atomic E-state index is 12.3. The van der Waals surface area contributed by atoms with E-state index >= 15 is 0 Å². The van der Waals surface area contributed by atoms with Crippen LogP contribution in [0.3, 0.4) is 0 Å². The molecule has 0 bridgehead atoms. The average molecular weight is 522 g/mol. The Balaban J connectivity index is 0.00000300. The summed E-state index contributed by atoms with van der Waals surface area (Å²) in [4.78, 5) is 9.08. The lowest BCUT2D eigenvalue weighted by molar-refractivity contribution is 0.680. The summed E-state index contributed by atoms with van der Waals surface area (Å²) in [5, 5.41) is 7.65. The topological polar surface area (TPSA) is 66.4 Å². The lowest BCUT2D eigenvalue weighted by Crippen LogP contribution is -2.39. The van der Waals surface area contributed by atoms with Crippen molar-refractivity contribution in [2.24, 2.45) is 4.99 Å². The summed E-state index contributed by atoms with van der Waals surface area (Å²) in [6.45, 7) is 3.98. The zero-order chi connectivity index (χ0) is 19.6. The van der Waals surface area contributed by atoms with Crippen LogP contribution >= 0.6 is 24.0 Å². The summed E-state index contributed by atoms with van der Waals surface area (Å²) in [6, 6.07) is 20.0. The summed E-state index contributed by atoms with van der Waals surface area (Å²) in [5.74, 6) is 1.90. The number of hydrogen-bond donors (Lipinski definition) is 2. The highest BCUT2D eigenvalue weighted by atomic mass is 127. The molecule has 3 aromatic rings. The minimum Gasteiger partial charge on any atom is -0.357 e. The molecule has 0 radical (unpaired) electrons. The first kappa shape index (κ1) is 23.3. The molecule has 0 aliphatic carbocycles. The molecule has 0 saturated heterocycles. The standard InChI is InChI=1S/C22H26N4OS.HI/c1-2-23-22(25-14-15-28(27)17-18-8-4-3-5-9-18)26-16-19-12-13-24-21-11-7-6-10-20(19)21;/h3-13H,2,14-17H2,1H3,(H2,23,25,26);1H. The Labute approximate surface area is 191 Å². The van der Waals surface area contributed by atoms with E-state index in [0.29, 0.717) is 24.6 Å². The Kier molecular flexibility index (Phi) is 10.1. The van der Waals surface area contributed by atoms with Gasteiger partial charge in [0.05, 0.1) is 12.1 Å². The molecule has 1 unspecified atom stereocenters. The lowest BCUT2D eigenvalue weighted by atomic mass is 10.1. The number of nitrogens with one attached hydrogen (secondary N) is 2. The Morgan fingerprint density at radius 3 is 2.59 bits per heavy atom. The maximum Gasteiger partial charge on any atom is 0.191 e. The number of hydrogen-bond acceptors (Lipinski definition) is 3. The molecule has 0 amide bonds. The normalized spacial score (nSPS) is 12.2. The van der Waals surface area contributed by atoms with Crippen LogP contribution in [0.25, 0.3) is 10.9 Å². The quantitative estimate of drug-likeness (QED) is 0.268. The molecule has 0 fully saturated rings. The maximum atomic E-state index is 12.3. The largest absolute Gasteiger partial charge is 0.357 e. The second-order valence-corrected chi connectivity index (χ2v) is 7.96. The number of para-hydroxylation sites is 1. The smallest absolute Gasteiger partial charge is 0.191 e. The van der Waals surface area contributed by atoms with Crippen LogP contribution in [0.2, 0.25) is 0 Å². The van der Waals surface area contributed by atoms with E-state index in [9.17, 15) is 4.21 Å². The van der Waals surface area contributed by atoms with Gasteiger partial charge >= 0.3 is 0 Å². The van der Waals surface area contributed by atoms with E-state index in [1.54, 1.807) is 0 Å². The highest BCUT2D eigenvalue weighted by molar-refractivity contribution is 14.0. The van der Waals surface area contributed by atoms with Crippen molar-refractivity contribution >= 4 is 51.6 Å². The van der Waals surface area contributed by atoms with Gasteiger partial charge < -0.3 is 10.6 Å². The molecule has 5 nitrogen and oxygen atoms in total. The molecule has 1 atom stereocenters. The molecule has 154 valence electrons. The number of aromatic nitrogens is 1. The molecule has 1 aromatic heterocycles. The van der Waals surface area contributed by atoms with Crippen molar-refractivity contribution in [1.29, 1.82) is 0 Å². The van der Waals surface area contributed by atoms with Crippen LogP contribution in [0.4, 0.5) is 0 Å². The lowest BCUT2D eigenvalue weighted by Gasteiger charge is -2.12. The molecule has 0 saturated carbocycles. The van der Waals surface area contributed by atoms with Crippen LogP contribution in [-0.4, -0.2) is 34.0 Å². The first-order valence-electron chi connectivity index (χ1n) is 9.50. The van der Waals surface area contributed by atoms with Crippen LogP contribution in [0.5, 0.6) is 0 Å². The number of benzene rings is 2. The van der Waals surface area contributed by atoms with Gasteiger partial charge in [-0.1, -0.05) is 48.5 Å². The summed E-state index contributed by atoms with van der Waals surface area (Å²) in [5.41, 5.74) is 3.21. The average Bonchev–Trinajstić information content (AvgIpc) is 2.72. The SMILES string of the molecule is CCNC(=NCc1ccnc2ccccc12)NCCS(=O)Cc1ccccc1.I. The van der Waals surface area contributed by atoms with Gasteiger partial charge in [-0.3, -0.25) is 9.19 Å². The van der Waals surface area contributed by atoms with Crippen LogP contribution < -0.4 is 10.6 Å². The van der Waals surface area contributed by atoms with Crippen LogP contribution in [0.15, 0.2) is 71.9 Å². The Morgan fingerprint density at radius 1 is 1.03 bits per heavy atom. The second kappa shape index (κ2) is 12.5. The van der Waals surface area contributed by atoms with Gasteiger partial charge in [-0.2, -0.15) is 0 Å². The van der Waals surface area contributed by atoms with Gasteiger partial charge in [-0.15, -0.1) is 24.0 Å². The van der Waals surface area contributed by atoms with Crippen molar-refractivity contribution in [3.05, 3.63) is 78.0 Å². The van der Waals surface area contributed by atoms with Crippen molar-refractivity contribution in [3.8, 4) is 0 Å². The zero-order valence-electron chi connectivity index (χ0n) is 16.5. The number of rotatable bonds is 8. The minimum absolute atomic E-state index is 0. The predicted molar refractivity (Wildman–Crippen MR) is 133 cm³/mol. The van der Waals surface area contributed by atoms with Gasteiger partial charge in [-0.25, -0.2) is 4.99 Å². The number of aliphatic imine (C=N–C) groups is 1. The molecule has 3 rings (SSSR count). The first-order valence-corrected chi connectivity index (χ1v) is 11.0. The Bertz CT molecular complexity index is 944. The minimum atomic E-state index is -0.903.